The lowest BCUT2D eigenvalue weighted by Crippen LogP contribution is -2.40. The lowest BCUT2D eigenvalue weighted by molar-refractivity contribution is -0.114. The Kier molecular flexibility index (Phi) is 3.20. The third kappa shape index (κ3) is 1.71. The molecule has 0 N–H and O–H groups in total. The molecule has 0 amide bonds. The molecule has 2 nitrogen and oxygen atoms in total. The van der Waals surface area contributed by atoms with Crippen molar-refractivity contribution < 1.29 is 4.84 Å². The highest BCUT2D eigenvalue weighted by molar-refractivity contribution is 5.41. The van der Waals surface area contributed by atoms with Crippen LogP contribution in [0.15, 0.2) is 24.3 Å². The Morgan fingerprint density at radius 2 is 2.00 bits per heavy atom. The molecule has 1 aliphatic heterocycles. The van der Waals surface area contributed by atoms with E-state index in [2.05, 4.69) is 44.0 Å². The Morgan fingerprint density at radius 1 is 1.25 bits per heavy atom. The highest BCUT2D eigenvalue weighted by Gasteiger charge is 2.41. The molecule has 0 radical (unpaired) electrons. The summed E-state index contributed by atoms with van der Waals surface area (Å²) in [6, 6.07) is 8.40. The molecule has 0 aliphatic carbocycles. The second kappa shape index (κ2) is 4.46. The molecule has 1 aromatic carbocycles. The number of hydrogen-bond acceptors (Lipinski definition) is 2. The van der Waals surface area contributed by atoms with E-state index in [1.165, 1.54) is 18.4 Å². The number of hydroxylamine groups is 2. The molecule has 16 heavy (non-hydrogen) atoms. The van der Waals surface area contributed by atoms with E-state index < -0.39 is 0 Å². The Balaban J connectivity index is 2.32. The summed E-state index contributed by atoms with van der Waals surface area (Å²) in [5.41, 5.74) is 1.40. The summed E-state index contributed by atoms with van der Waals surface area (Å²) in [5.74, 6) is 1.03. The van der Waals surface area contributed by atoms with Crippen LogP contribution in [0.4, 0.5) is 0 Å². The lowest BCUT2D eigenvalue weighted by atomic mass is 9.87. The van der Waals surface area contributed by atoms with E-state index in [9.17, 15) is 0 Å². The van der Waals surface area contributed by atoms with Crippen molar-refractivity contribution >= 4 is 0 Å². The van der Waals surface area contributed by atoms with Crippen LogP contribution in [0.5, 0.6) is 5.75 Å². The van der Waals surface area contributed by atoms with Gasteiger partial charge in [0.25, 0.3) is 0 Å². The maximum Gasteiger partial charge on any atom is 0.152 e. The zero-order valence-electron chi connectivity index (χ0n) is 10.5. The van der Waals surface area contributed by atoms with Crippen molar-refractivity contribution in [2.24, 2.45) is 0 Å². The summed E-state index contributed by atoms with van der Waals surface area (Å²) in [7, 11) is 0. The van der Waals surface area contributed by atoms with Gasteiger partial charge in [-0.05, 0) is 26.3 Å². The zero-order chi connectivity index (χ0) is 11.6. The number of nitrogens with zero attached hydrogens (tertiary/aromatic N) is 1. The van der Waals surface area contributed by atoms with Crippen molar-refractivity contribution in [2.75, 3.05) is 6.54 Å². The van der Waals surface area contributed by atoms with Gasteiger partial charge < -0.3 is 4.84 Å². The molecule has 0 spiro atoms. The van der Waals surface area contributed by atoms with Gasteiger partial charge in [-0.2, -0.15) is 0 Å². The number of hydrogen-bond donors (Lipinski definition) is 0. The third-order valence-electron chi connectivity index (χ3n) is 3.53. The van der Waals surface area contributed by atoms with Gasteiger partial charge in [0.05, 0.1) is 5.54 Å². The average molecular weight is 219 g/mol. The molecular weight excluding hydrogens is 198 g/mol. The summed E-state index contributed by atoms with van der Waals surface area (Å²) in [5, 5.41) is 2.12. The molecule has 0 fully saturated rings. The minimum atomic E-state index is 0.0569. The van der Waals surface area contributed by atoms with E-state index in [-0.39, 0.29) is 5.54 Å². The van der Waals surface area contributed by atoms with Crippen molar-refractivity contribution in [3.8, 4) is 5.75 Å². The van der Waals surface area contributed by atoms with Crippen molar-refractivity contribution in [1.82, 2.24) is 5.06 Å². The highest BCUT2D eigenvalue weighted by Crippen LogP contribution is 2.44. The normalized spacial score (nSPS) is 24.2. The van der Waals surface area contributed by atoms with Crippen molar-refractivity contribution in [1.29, 1.82) is 0 Å². The van der Waals surface area contributed by atoms with Gasteiger partial charge in [0.1, 0.15) is 0 Å². The van der Waals surface area contributed by atoms with Crippen LogP contribution in [0, 0.1) is 0 Å². The van der Waals surface area contributed by atoms with Gasteiger partial charge in [0, 0.05) is 12.1 Å². The van der Waals surface area contributed by atoms with E-state index in [1.807, 2.05) is 6.07 Å². The molecule has 1 aliphatic rings. The Hall–Kier alpha value is -1.02. The molecule has 2 heteroatoms. The van der Waals surface area contributed by atoms with Gasteiger partial charge in [-0.1, -0.05) is 38.0 Å². The van der Waals surface area contributed by atoms with Gasteiger partial charge in [-0.25, -0.2) is 0 Å². The fourth-order valence-electron chi connectivity index (χ4n) is 2.54. The van der Waals surface area contributed by atoms with Crippen LogP contribution in [0.3, 0.4) is 0 Å². The first kappa shape index (κ1) is 11.5. The van der Waals surface area contributed by atoms with Crippen molar-refractivity contribution in [3.05, 3.63) is 29.8 Å². The Bertz CT molecular complexity index is 364. The summed E-state index contributed by atoms with van der Waals surface area (Å²) in [4.78, 5) is 5.90. The zero-order valence-corrected chi connectivity index (χ0v) is 10.5. The van der Waals surface area contributed by atoms with Crippen molar-refractivity contribution in [3.63, 3.8) is 0 Å². The Labute approximate surface area is 98.2 Å². The van der Waals surface area contributed by atoms with E-state index >= 15 is 0 Å². The average Bonchev–Trinajstić information content (AvgIpc) is 2.61. The maximum absolute atomic E-state index is 5.90. The topological polar surface area (TPSA) is 12.5 Å². The second-order valence-electron chi connectivity index (χ2n) is 4.66. The molecule has 1 heterocycles. The van der Waals surface area contributed by atoms with Crippen LogP contribution in [0.2, 0.25) is 0 Å². The van der Waals surface area contributed by atoms with Gasteiger partial charge >= 0.3 is 0 Å². The quantitative estimate of drug-likeness (QED) is 0.765. The lowest BCUT2D eigenvalue weighted by Gasteiger charge is -2.32. The van der Waals surface area contributed by atoms with Crippen LogP contribution < -0.4 is 4.84 Å². The molecule has 2 rings (SSSR count). The van der Waals surface area contributed by atoms with E-state index in [0.29, 0.717) is 0 Å². The molecule has 0 bridgehead atoms. The molecule has 0 saturated carbocycles. The Morgan fingerprint density at radius 3 is 2.69 bits per heavy atom. The SMILES string of the molecule is CCCCC1(C)c2ccccc2ON1CC. The number of rotatable bonds is 4. The predicted molar refractivity (Wildman–Crippen MR) is 66.3 cm³/mol. The van der Waals surface area contributed by atoms with E-state index in [0.717, 1.165) is 18.7 Å². The standard InChI is InChI=1S/C14H21NO/c1-4-6-11-14(3)12-9-7-8-10-13(12)16-15(14)5-2/h7-10H,4-6,11H2,1-3H3. The largest absolute Gasteiger partial charge is 0.405 e. The van der Waals surface area contributed by atoms with Gasteiger partial charge in [0.15, 0.2) is 5.75 Å². The molecule has 1 atom stereocenters. The summed E-state index contributed by atoms with van der Waals surface area (Å²) < 4.78 is 0. The number of fused-ring (bicyclic) bond motifs is 1. The molecule has 1 aromatic rings. The van der Waals surface area contributed by atoms with E-state index in [1.54, 1.807) is 0 Å². The first-order chi connectivity index (χ1) is 7.72. The molecule has 0 saturated heterocycles. The van der Waals surface area contributed by atoms with Gasteiger partial charge in [-0.3, -0.25) is 0 Å². The first-order valence-electron chi connectivity index (χ1n) is 6.27. The van der Waals surface area contributed by atoms with Crippen LogP contribution in [-0.2, 0) is 5.54 Å². The molecule has 1 unspecified atom stereocenters. The number of para-hydroxylation sites is 1. The van der Waals surface area contributed by atoms with Gasteiger partial charge in [-0.15, -0.1) is 5.06 Å². The van der Waals surface area contributed by atoms with Crippen LogP contribution in [-0.4, -0.2) is 11.6 Å². The maximum atomic E-state index is 5.90. The highest BCUT2D eigenvalue weighted by atomic mass is 16.7. The first-order valence-corrected chi connectivity index (χ1v) is 6.27. The predicted octanol–water partition coefficient (Wildman–Crippen LogP) is 3.72. The van der Waals surface area contributed by atoms with Crippen LogP contribution >= 0.6 is 0 Å². The number of unbranched alkanes of at least 4 members (excludes halogenated alkanes) is 1. The van der Waals surface area contributed by atoms with Gasteiger partial charge in [0.2, 0.25) is 0 Å². The summed E-state index contributed by atoms with van der Waals surface area (Å²) in [6.07, 6.45) is 3.63. The monoisotopic (exact) mass is 219 g/mol. The van der Waals surface area contributed by atoms with Crippen LogP contribution in [0.1, 0.15) is 45.6 Å². The smallest absolute Gasteiger partial charge is 0.152 e. The van der Waals surface area contributed by atoms with Crippen LogP contribution in [0.25, 0.3) is 0 Å². The molecular formula is C14H21NO. The summed E-state index contributed by atoms with van der Waals surface area (Å²) >= 11 is 0. The fourth-order valence-corrected chi connectivity index (χ4v) is 2.54. The number of benzene rings is 1. The molecule has 88 valence electrons. The summed E-state index contributed by atoms with van der Waals surface area (Å²) in [6.45, 7) is 7.60. The molecule has 0 aromatic heterocycles. The second-order valence-corrected chi connectivity index (χ2v) is 4.66. The fraction of sp³-hybridized carbons (Fsp3) is 0.571. The third-order valence-corrected chi connectivity index (χ3v) is 3.53. The minimum absolute atomic E-state index is 0.0569. The van der Waals surface area contributed by atoms with E-state index in [4.69, 9.17) is 4.84 Å². The minimum Gasteiger partial charge on any atom is -0.405 e. The van der Waals surface area contributed by atoms with Crippen molar-refractivity contribution in [2.45, 2.75) is 45.6 Å².